The third kappa shape index (κ3) is 3.77. The van der Waals surface area contributed by atoms with Gasteiger partial charge in [-0.1, -0.05) is 25.7 Å². The van der Waals surface area contributed by atoms with E-state index in [4.69, 9.17) is 20.9 Å². The van der Waals surface area contributed by atoms with E-state index in [0.29, 0.717) is 25.6 Å². The fraction of sp³-hybridized carbons (Fsp3) is 0.900. The van der Waals surface area contributed by atoms with Crippen LogP contribution in [-0.4, -0.2) is 33.8 Å². The maximum Gasteiger partial charge on any atom is 0.451 e. The summed E-state index contributed by atoms with van der Waals surface area (Å²) in [4.78, 5) is 11.1. The van der Waals surface area contributed by atoms with Crippen LogP contribution in [0.4, 0.5) is 0 Å². The minimum Gasteiger partial charge on any atom is -0.480 e. The number of carbonyl (C=O) groups is 1. The van der Waals surface area contributed by atoms with Crippen molar-refractivity contribution >= 4 is 13.1 Å². The van der Waals surface area contributed by atoms with E-state index in [2.05, 4.69) is 0 Å². The lowest BCUT2D eigenvalue weighted by Crippen LogP contribution is -2.48. The highest BCUT2D eigenvalue weighted by Crippen LogP contribution is 2.32. The topological polar surface area (TPSA) is 104 Å². The molecule has 0 radical (unpaired) electrons. The van der Waals surface area contributed by atoms with Crippen molar-refractivity contribution in [1.82, 2.24) is 0 Å². The highest BCUT2D eigenvalue weighted by Gasteiger charge is 2.37. The SMILES string of the molecule is NC1(C(=O)O)CCCCC(CCB(O)O)C1. The lowest BCUT2D eigenvalue weighted by molar-refractivity contribution is -0.144. The molecule has 2 atom stereocenters. The van der Waals surface area contributed by atoms with Gasteiger partial charge in [-0.05, 0) is 25.1 Å². The minimum atomic E-state index is -1.31. The zero-order valence-corrected chi connectivity index (χ0v) is 9.43. The second-order valence-corrected chi connectivity index (χ2v) is 4.84. The van der Waals surface area contributed by atoms with Crippen molar-refractivity contribution in [2.24, 2.45) is 11.7 Å². The standard InChI is InChI=1S/C10H20BNO4/c12-10(9(13)14)5-2-1-3-8(7-10)4-6-11(15)16/h8,15-16H,1-7,12H2,(H,13,14). The molecule has 1 aliphatic rings. The molecule has 2 unspecified atom stereocenters. The second-order valence-electron chi connectivity index (χ2n) is 4.84. The van der Waals surface area contributed by atoms with E-state index in [9.17, 15) is 4.79 Å². The van der Waals surface area contributed by atoms with Gasteiger partial charge in [0.1, 0.15) is 5.54 Å². The van der Waals surface area contributed by atoms with Crippen molar-refractivity contribution in [3.8, 4) is 0 Å². The Balaban J connectivity index is 2.55. The molecule has 0 aromatic rings. The first-order chi connectivity index (χ1) is 7.44. The number of nitrogens with two attached hydrogens (primary N) is 1. The summed E-state index contributed by atoms with van der Waals surface area (Å²) in [7, 11) is -1.31. The molecule has 0 aromatic carbocycles. The third-order valence-corrected chi connectivity index (χ3v) is 3.40. The Hall–Kier alpha value is -0.585. The molecule has 16 heavy (non-hydrogen) atoms. The molecule has 1 aliphatic carbocycles. The number of carboxylic acid groups (broad SMARTS) is 1. The molecular formula is C10H20BNO4. The Morgan fingerprint density at radius 1 is 1.44 bits per heavy atom. The average molecular weight is 229 g/mol. The predicted molar refractivity (Wildman–Crippen MR) is 60.7 cm³/mol. The van der Waals surface area contributed by atoms with Crippen LogP contribution < -0.4 is 5.73 Å². The van der Waals surface area contributed by atoms with Gasteiger partial charge in [0.25, 0.3) is 0 Å². The first-order valence-electron chi connectivity index (χ1n) is 5.82. The monoisotopic (exact) mass is 229 g/mol. The quantitative estimate of drug-likeness (QED) is 0.407. The Labute approximate surface area is 95.8 Å². The lowest BCUT2D eigenvalue weighted by atomic mass is 9.77. The van der Waals surface area contributed by atoms with Crippen LogP contribution in [0.3, 0.4) is 0 Å². The normalized spacial score (nSPS) is 30.8. The van der Waals surface area contributed by atoms with Gasteiger partial charge in [0.2, 0.25) is 0 Å². The summed E-state index contributed by atoms with van der Waals surface area (Å²) in [6.07, 6.45) is 4.61. The molecule has 0 aliphatic heterocycles. The van der Waals surface area contributed by atoms with Gasteiger partial charge in [-0.25, -0.2) is 0 Å². The average Bonchev–Trinajstić information content (AvgIpc) is 2.38. The molecule has 0 saturated heterocycles. The summed E-state index contributed by atoms with van der Waals surface area (Å²) in [6, 6.07) is 0. The molecular weight excluding hydrogens is 209 g/mol. The van der Waals surface area contributed by atoms with Crippen molar-refractivity contribution in [3.63, 3.8) is 0 Å². The summed E-state index contributed by atoms with van der Waals surface area (Å²) in [5.41, 5.74) is 4.75. The van der Waals surface area contributed by atoms with Gasteiger partial charge in [-0.2, -0.15) is 0 Å². The third-order valence-electron chi connectivity index (χ3n) is 3.40. The molecule has 92 valence electrons. The van der Waals surface area contributed by atoms with Crippen LogP contribution in [-0.2, 0) is 4.79 Å². The summed E-state index contributed by atoms with van der Waals surface area (Å²) in [5, 5.41) is 26.7. The van der Waals surface area contributed by atoms with E-state index in [0.717, 1.165) is 19.3 Å². The van der Waals surface area contributed by atoms with Gasteiger partial charge in [0.15, 0.2) is 0 Å². The van der Waals surface area contributed by atoms with Crippen LogP contribution >= 0.6 is 0 Å². The van der Waals surface area contributed by atoms with Crippen LogP contribution in [0.25, 0.3) is 0 Å². The van der Waals surface area contributed by atoms with Crippen molar-refractivity contribution in [2.45, 2.75) is 50.4 Å². The fourth-order valence-electron chi connectivity index (χ4n) is 2.42. The Kier molecular flexibility index (Phi) is 4.77. The van der Waals surface area contributed by atoms with E-state index >= 15 is 0 Å². The van der Waals surface area contributed by atoms with Crippen LogP contribution in [0.15, 0.2) is 0 Å². The first-order valence-corrected chi connectivity index (χ1v) is 5.82. The fourth-order valence-corrected chi connectivity index (χ4v) is 2.42. The minimum absolute atomic E-state index is 0.186. The predicted octanol–water partition coefficient (Wildman–Crippen LogP) is 0.212. The number of aliphatic carboxylic acids is 1. The van der Waals surface area contributed by atoms with E-state index in [-0.39, 0.29) is 5.92 Å². The van der Waals surface area contributed by atoms with Crippen LogP contribution in [0.2, 0.25) is 6.32 Å². The number of carboxylic acids is 1. The van der Waals surface area contributed by atoms with E-state index in [1.807, 2.05) is 0 Å². The highest BCUT2D eigenvalue weighted by atomic mass is 16.4. The summed E-state index contributed by atoms with van der Waals surface area (Å²) < 4.78 is 0. The van der Waals surface area contributed by atoms with Crippen LogP contribution in [0.5, 0.6) is 0 Å². The van der Waals surface area contributed by atoms with Gasteiger partial charge < -0.3 is 20.9 Å². The smallest absolute Gasteiger partial charge is 0.451 e. The zero-order valence-electron chi connectivity index (χ0n) is 9.43. The van der Waals surface area contributed by atoms with Gasteiger partial charge >= 0.3 is 13.1 Å². The molecule has 0 heterocycles. The molecule has 6 heteroatoms. The van der Waals surface area contributed by atoms with Crippen LogP contribution in [0.1, 0.15) is 38.5 Å². The molecule has 1 rings (SSSR count). The van der Waals surface area contributed by atoms with Crippen molar-refractivity contribution in [2.75, 3.05) is 0 Å². The number of hydrogen-bond donors (Lipinski definition) is 4. The van der Waals surface area contributed by atoms with Gasteiger partial charge in [-0.3, -0.25) is 4.79 Å². The lowest BCUT2D eigenvalue weighted by Gasteiger charge is -2.26. The maximum absolute atomic E-state index is 11.1. The molecule has 1 fully saturated rings. The molecule has 0 amide bonds. The highest BCUT2D eigenvalue weighted by molar-refractivity contribution is 6.40. The van der Waals surface area contributed by atoms with E-state index in [1.54, 1.807) is 0 Å². The second kappa shape index (κ2) is 5.66. The summed E-state index contributed by atoms with van der Waals surface area (Å²) in [6.45, 7) is 0. The van der Waals surface area contributed by atoms with Crippen molar-refractivity contribution < 1.29 is 19.9 Å². The van der Waals surface area contributed by atoms with E-state index < -0.39 is 18.6 Å². The van der Waals surface area contributed by atoms with E-state index in [1.165, 1.54) is 0 Å². The summed E-state index contributed by atoms with van der Waals surface area (Å²) in [5.74, 6) is -0.755. The van der Waals surface area contributed by atoms with Gasteiger partial charge in [-0.15, -0.1) is 0 Å². The summed E-state index contributed by atoms with van der Waals surface area (Å²) >= 11 is 0. The number of hydrogen-bond acceptors (Lipinski definition) is 4. The molecule has 0 bridgehead atoms. The zero-order chi connectivity index (χ0) is 12.2. The van der Waals surface area contributed by atoms with Gasteiger partial charge in [0.05, 0.1) is 0 Å². The maximum atomic E-state index is 11.1. The Bertz CT molecular complexity index is 249. The largest absolute Gasteiger partial charge is 0.480 e. The molecule has 0 spiro atoms. The Morgan fingerprint density at radius 2 is 2.12 bits per heavy atom. The molecule has 5 nitrogen and oxygen atoms in total. The molecule has 1 saturated carbocycles. The molecule has 5 N–H and O–H groups in total. The van der Waals surface area contributed by atoms with Crippen LogP contribution in [0, 0.1) is 5.92 Å². The molecule has 0 aromatic heterocycles. The Morgan fingerprint density at radius 3 is 2.69 bits per heavy atom. The van der Waals surface area contributed by atoms with Crippen molar-refractivity contribution in [3.05, 3.63) is 0 Å². The number of rotatable bonds is 4. The van der Waals surface area contributed by atoms with Gasteiger partial charge in [0, 0.05) is 0 Å². The van der Waals surface area contributed by atoms with Crippen molar-refractivity contribution in [1.29, 1.82) is 0 Å². The first kappa shape index (κ1) is 13.5.